The van der Waals surface area contributed by atoms with Crippen molar-refractivity contribution in [1.29, 1.82) is 0 Å². The molecule has 0 aliphatic rings. The predicted octanol–water partition coefficient (Wildman–Crippen LogP) is 17.8. The summed E-state index contributed by atoms with van der Waals surface area (Å²) < 4.78 is 2.66. The van der Waals surface area contributed by atoms with Crippen LogP contribution >= 0.6 is 11.3 Å². The Morgan fingerprint density at radius 1 is 0.242 bits per heavy atom. The first kappa shape index (κ1) is 35.0. The Balaban J connectivity index is 1.06. The molecule has 0 unspecified atom stereocenters. The lowest BCUT2D eigenvalue weighted by Crippen LogP contribution is -2.11. The highest BCUT2D eigenvalue weighted by molar-refractivity contribution is 7.25. The minimum absolute atomic E-state index is 1.15. The molecule has 13 rings (SSSR count). The molecule has 0 atom stereocenters. The quantitative estimate of drug-likeness (QED) is 0.157. The van der Waals surface area contributed by atoms with Crippen LogP contribution in [0, 0.1) is 0 Å². The van der Waals surface area contributed by atoms with Crippen molar-refractivity contribution < 1.29 is 0 Å². The molecule has 62 heavy (non-hydrogen) atoms. The summed E-state index contributed by atoms with van der Waals surface area (Å²) in [7, 11) is 0. The average molecular weight is 804 g/mol. The second-order valence-electron chi connectivity index (χ2n) is 16.4. The molecule has 0 radical (unpaired) electrons. The Morgan fingerprint density at radius 2 is 0.694 bits per heavy atom. The van der Waals surface area contributed by atoms with Gasteiger partial charge in [-0.05, 0) is 119 Å². The molecule has 0 aliphatic carbocycles. The molecule has 288 valence electrons. The summed E-state index contributed by atoms with van der Waals surface area (Å²) in [6, 6.07) is 83.2. The smallest absolute Gasteiger partial charge is 0.0540 e. The molecule has 0 fully saturated rings. The van der Waals surface area contributed by atoms with Crippen LogP contribution in [0.1, 0.15) is 0 Å². The first-order valence-electron chi connectivity index (χ1n) is 21.3. The molecule has 2 heteroatoms. The van der Waals surface area contributed by atoms with E-state index in [-0.39, 0.29) is 0 Å². The van der Waals surface area contributed by atoms with Crippen molar-refractivity contribution in [1.82, 2.24) is 0 Å². The van der Waals surface area contributed by atoms with Crippen molar-refractivity contribution in [3.05, 3.63) is 224 Å². The van der Waals surface area contributed by atoms with Crippen molar-refractivity contribution in [2.24, 2.45) is 0 Å². The third-order valence-corrected chi connectivity index (χ3v) is 14.2. The van der Waals surface area contributed by atoms with Gasteiger partial charge >= 0.3 is 0 Å². The molecule has 0 bridgehead atoms. The molecule has 0 spiro atoms. The van der Waals surface area contributed by atoms with Gasteiger partial charge in [0.05, 0.1) is 17.1 Å². The second-order valence-corrected chi connectivity index (χ2v) is 17.4. The zero-order valence-corrected chi connectivity index (χ0v) is 34.5. The van der Waals surface area contributed by atoms with Gasteiger partial charge in [0.15, 0.2) is 0 Å². The van der Waals surface area contributed by atoms with Crippen LogP contribution in [-0.4, -0.2) is 0 Å². The highest BCUT2D eigenvalue weighted by Crippen LogP contribution is 2.49. The Kier molecular flexibility index (Phi) is 7.85. The van der Waals surface area contributed by atoms with Gasteiger partial charge in [-0.3, -0.25) is 0 Å². The highest BCUT2D eigenvalue weighted by Gasteiger charge is 2.22. The van der Waals surface area contributed by atoms with Gasteiger partial charge in [0, 0.05) is 36.3 Å². The number of fused-ring (bicyclic) bond motifs is 11. The fraction of sp³-hybridized carbons (Fsp3) is 0. The topological polar surface area (TPSA) is 3.24 Å². The third kappa shape index (κ3) is 5.34. The van der Waals surface area contributed by atoms with E-state index >= 15 is 0 Å². The highest BCUT2D eigenvalue weighted by atomic mass is 32.1. The first-order chi connectivity index (χ1) is 30.8. The van der Waals surface area contributed by atoms with Crippen molar-refractivity contribution in [2.75, 3.05) is 4.90 Å². The number of rotatable bonds is 5. The lowest BCUT2D eigenvalue weighted by atomic mass is 9.86. The fourth-order valence-electron chi connectivity index (χ4n) is 10.2. The minimum atomic E-state index is 1.15. The maximum Gasteiger partial charge on any atom is 0.0540 e. The van der Waals surface area contributed by atoms with E-state index in [1.807, 2.05) is 11.3 Å². The largest absolute Gasteiger partial charge is 0.309 e. The number of thiophene rings is 1. The van der Waals surface area contributed by atoms with E-state index in [0.29, 0.717) is 0 Å². The van der Waals surface area contributed by atoms with Gasteiger partial charge in [-0.15, -0.1) is 11.3 Å². The Morgan fingerprint density at radius 3 is 1.34 bits per heavy atom. The summed E-state index contributed by atoms with van der Waals surface area (Å²) in [6.45, 7) is 0. The lowest BCUT2D eigenvalue weighted by molar-refractivity contribution is 1.33. The third-order valence-electron chi connectivity index (χ3n) is 13.0. The molecular formula is C60H37NS. The number of nitrogens with zero attached hydrogens (tertiary/aromatic N) is 1. The second kappa shape index (κ2) is 13.9. The molecule has 13 aromatic rings. The Labute approximate surface area is 363 Å². The summed E-state index contributed by atoms with van der Waals surface area (Å²) in [5.74, 6) is 0. The van der Waals surface area contributed by atoms with Gasteiger partial charge in [0.1, 0.15) is 0 Å². The van der Waals surface area contributed by atoms with Crippen molar-refractivity contribution in [3.63, 3.8) is 0 Å². The molecule has 0 N–H and O–H groups in total. The van der Waals surface area contributed by atoms with E-state index in [9.17, 15) is 0 Å². The fourth-order valence-corrected chi connectivity index (χ4v) is 11.3. The van der Waals surface area contributed by atoms with Gasteiger partial charge in [-0.2, -0.15) is 0 Å². The van der Waals surface area contributed by atoms with Crippen LogP contribution in [0.25, 0.3) is 107 Å². The van der Waals surface area contributed by atoms with Crippen LogP contribution < -0.4 is 4.90 Å². The number of hydrogen-bond acceptors (Lipinski definition) is 2. The number of anilines is 3. The standard InChI is InChI=1S/C60H37NS/c1-3-19-41-38(15-1)17-13-28-56(41)61(57-29-14-18-39-16-2-4-20-42(39)57)58-33-32-48(43-21-9-10-26-49(43)58)52-37-54-45-23-6-5-22-44(45)51(36-53(54)47-25-8-7-24-46(47)52)40-31-34-60-55(35-40)50-27-11-12-30-59(50)62-60/h1-37H. The average Bonchev–Trinajstić information content (AvgIpc) is 3.72. The van der Waals surface area contributed by atoms with Crippen molar-refractivity contribution in [2.45, 2.75) is 0 Å². The molecule has 1 aromatic heterocycles. The number of hydrogen-bond donors (Lipinski definition) is 0. The lowest BCUT2D eigenvalue weighted by Gasteiger charge is -2.30. The van der Waals surface area contributed by atoms with Crippen molar-refractivity contribution >= 4 is 113 Å². The molecule has 0 saturated heterocycles. The van der Waals surface area contributed by atoms with E-state index in [1.54, 1.807) is 0 Å². The van der Waals surface area contributed by atoms with Crippen LogP contribution in [-0.2, 0) is 0 Å². The van der Waals surface area contributed by atoms with Crippen LogP contribution in [0.15, 0.2) is 224 Å². The molecule has 0 saturated carbocycles. The van der Waals surface area contributed by atoms with Gasteiger partial charge in [0.2, 0.25) is 0 Å². The van der Waals surface area contributed by atoms with E-state index in [1.165, 1.54) is 107 Å². The first-order valence-corrected chi connectivity index (χ1v) is 22.2. The van der Waals surface area contributed by atoms with Gasteiger partial charge in [-0.1, -0.05) is 176 Å². The zero-order chi connectivity index (χ0) is 40.7. The molecule has 1 heterocycles. The monoisotopic (exact) mass is 803 g/mol. The Hall–Kier alpha value is -7.78. The zero-order valence-electron chi connectivity index (χ0n) is 33.7. The minimum Gasteiger partial charge on any atom is -0.309 e. The van der Waals surface area contributed by atoms with E-state index in [0.717, 1.165) is 17.1 Å². The maximum absolute atomic E-state index is 2.49. The van der Waals surface area contributed by atoms with E-state index in [2.05, 4.69) is 229 Å². The van der Waals surface area contributed by atoms with Crippen LogP contribution in [0.2, 0.25) is 0 Å². The number of benzene rings is 12. The van der Waals surface area contributed by atoms with Gasteiger partial charge < -0.3 is 4.90 Å². The molecule has 0 amide bonds. The molecule has 1 nitrogen and oxygen atoms in total. The normalized spacial score (nSPS) is 11.9. The van der Waals surface area contributed by atoms with E-state index < -0.39 is 0 Å². The molecule has 12 aromatic carbocycles. The van der Waals surface area contributed by atoms with E-state index in [4.69, 9.17) is 0 Å². The van der Waals surface area contributed by atoms with Crippen LogP contribution in [0.5, 0.6) is 0 Å². The van der Waals surface area contributed by atoms with Crippen LogP contribution in [0.3, 0.4) is 0 Å². The molecule has 0 aliphatic heterocycles. The van der Waals surface area contributed by atoms with Crippen molar-refractivity contribution in [3.8, 4) is 22.3 Å². The summed E-state index contributed by atoms with van der Waals surface area (Å²) in [5, 5.41) is 17.5. The summed E-state index contributed by atoms with van der Waals surface area (Å²) >= 11 is 1.87. The predicted molar refractivity (Wildman–Crippen MR) is 270 cm³/mol. The summed E-state index contributed by atoms with van der Waals surface area (Å²) in [4.78, 5) is 2.49. The van der Waals surface area contributed by atoms with Gasteiger partial charge in [0.25, 0.3) is 0 Å². The summed E-state index contributed by atoms with van der Waals surface area (Å²) in [6.07, 6.45) is 0. The van der Waals surface area contributed by atoms with Gasteiger partial charge in [-0.25, -0.2) is 0 Å². The maximum atomic E-state index is 2.49. The SMILES string of the molecule is c1ccc2c(N(c3cccc4ccccc34)c3ccc(-c4cc5c6ccccc6c(-c6ccc7sc8ccccc8c7c6)cc5c5ccccc45)c4ccccc34)cccc2c1. The Bertz CT molecular complexity index is 3860. The van der Waals surface area contributed by atoms with Crippen LogP contribution in [0.4, 0.5) is 17.1 Å². The summed E-state index contributed by atoms with van der Waals surface area (Å²) in [5.41, 5.74) is 8.43. The molecular weight excluding hydrogens is 767 g/mol.